The highest BCUT2D eigenvalue weighted by Gasteiger charge is 2.12. The van der Waals surface area contributed by atoms with Crippen LogP contribution in [0.25, 0.3) is 10.9 Å². The highest BCUT2D eigenvalue weighted by atomic mass is 16.6. The van der Waals surface area contributed by atoms with Crippen LogP contribution in [0.5, 0.6) is 11.5 Å². The zero-order valence-corrected chi connectivity index (χ0v) is 10.4. The second kappa shape index (κ2) is 4.52. The van der Waals surface area contributed by atoms with E-state index in [1.54, 1.807) is 12.1 Å². The lowest BCUT2D eigenvalue weighted by Gasteiger charge is -2.08. The minimum atomic E-state index is -0.467. The molecule has 0 aliphatic carbocycles. The van der Waals surface area contributed by atoms with Crippen molar-refractivity contribution in [3.8, 4) is 11.5 Å². The fraction of sp³-hybridized carbons (Fsp3) is 0.231. The Morgan fingerprint density at radius 3 is 2.11 bits per heavy atom. The van der Waals surface area contributed by atoms with Crippen molar-refractivity contribution in [2.75, 3.05) is 0 Å². The molecule has 0 unspecified atom stereocenters. The molecule has 0 saturated heterocycles. The molecule has 0 aliphatic heterocycles. The van der Waals surface area contributed by atoms with E-state index in [1.165, 1.54) is 13.8 Å². The number of aromatic amines is 1. The molecule has 0 atom stereocenters. The van der Waals surface area contributed by atoms with Gasteiger partial charge in [0.05, 0.1) is 0 Å². The monoisotopic (exact) mass is 247 g/mol. The highest BCUT2D eigenvalue weighted by Crippen LogP contribution is 2.33. The van der Waals surface area contributed by atoms with Crippen LogP contribution in [-0.4, -0.2) is 16.9 Å². The van der Waals surface area contributed by atoms with E-state index in [0.29, 0.717) is 0 Å². The standard InChI is InChI=1S/C13H13NO4/c1-7-4-10-5-12(17-8(2)15)13(18-9(3)16)6-11(10)14-7/h4-6,14H,1-3H3. The third-order valence-electron chi connectivity index (χ3n) is 2.33. The topological polar surface area (TPSA) is 68.4 Å². The molecule has 94 valence electrons. The molecule has 5 heteroatoms. The minimum Gasteiger partial charge on any atom is -0.423 e. The minimum absolute atomic E-state index is 0.229. The first-order valence-corrected chi connectivity index (χ1v) is 5.46. The number of aryl methyl sites for hydroxylation is 1. The van der Waals surface area contributed by atoms with Crippen LogP contribution in [0.4, 0.5) is 0 Å². The molecule has 0 radical (unpaired) electrons. The number of H-pyrrole nitrogens is 1. The number of hydrogen-bond donors (Lipinski definition) is 1. The molecule has 0 aliphatic rings. The Morgan fingerprint density at radius 2 is 1.56 bits per heavy atom. The SMILES string of the molecule is CC(=O)Oc1cc2cc(C)[nH]c2cc1OC(C)=O. The Labute approximate surface area is 104 Å². The molecular formula is C13H13NO4. The zero-order valence-electron chi connectivity index (χ0n) is 10.4. The molecule has 1 aromatic heterocycles. The lowest BCUT2D eigenvalue weighted by molar-refractivity contribution is -0.134. The van der Waals surface area contributed by atoms with E-state index in [2.05, 4.69) is 4.98 Å². The van der Waals surface area contributed by atoms with Gasteiger partial charge in [-0.1, -0.05) is 0 Å². The third kappa shape index (κ3) is 2.51. The van der Waals surface area contributed by atoms with E-state index < -0.39 is 11.9 Å². The summed E-state index contributed by atoms with van der Waals surface area (Å²) in [6.07, 6.45) is 0. The van der Waals surface area contributed by atoms with Gasteiger partial charge in [0.25, 0.3) is 0 Å². The van der Waals surface area contributed by atoms with Crippen molar-refractivity contribution in [1.82, 2.24) is 4.98 Å². The molecule has 18 heavy (non-hydrogen) atoms. The fourth-order valence-corrected chi connectivity index (χ4v) is 1.75. The maximum atomic E-state index is 11.0. The Hall–Kier alpha value is -2.30. The normalized spacial score (nSPS) is 10.4. The number of carbonyl (C=O) groups is 2. The van der Waals surface area contributed by atoms with Gasteiger partial charge in [0, 0.05) is 36.5 Å². The lowest BCUT2D eigenvalue weighted by atomic mass is 10.2. The van der Waals surface area contributed by atoms with Crippen LogP contribution >= 0.6 is 0 Å². The second-order valence-electron chi connectivity index (χ2n) is 4.03. The number of ether oxygens (including phenoxy) is 2. The van der Waals surface area contributed by atoms with Crippen LogP contribution in [0.2, 0.25) is 0 Å². The number of esters is 2. The maximum Gasteiger partial charge on any atom is 0.308 e. The molecule has 0 spiro atoms. The Kier molecular flexibility index (Phi) is 3.06. The first kappa shape index (κ1) is 12.2. The fourth-order valence-electron chi connectivity index (χ4n) is 1.75. The van der Waals surface area contributed by atoms with Crippen molar-refractivity contribution in [1.29, 1.82) is 0 Å². The molecule has 0 fully saturated rings. The summed E-state index contributed by atoms with van der Waals surface area (Å²) in [5.41, 5.74) is 1.79. The number of aromatic nitrogens is 1. The second-order valence-corrected chi connectivity index (χ2v) is 4.03. The first-order chi connectivity index (χ1) is 8.45. The Balaban J connectivity index is 2.54. The maximum absolute atomic E-state index is 11.0. The van der Waals surface area contributed by atoms with E-state index in [0.717, 1.165) is 16.6 Å². The van der Waals surface area contributed by atoms with Crippen molar-refractivity contribution < 1.29 is 19.1 Å². The molecule has 5 nitrogen and oxygen atoms in total. The number of carbonyl (C=O) groups excluding carboxylic acids is 2. The van der Waals surface area contributed by atoms with Gasteiger partial charge in [-0.15, -0.1) is 0 Å². The summed E-state index contributed by atoms with van der Waals surface area (Å²) >= 11 is 0. The summed E-state index contributed by atoms with van der Waals surface area (Å²) in [4.78, 5) is 25.2. The molecule has 0 saturated carbocycles. The Bertz CT molecular complexity index is 574. The van der Waals surface area contributed by atoms with Crippen molar-refractivity contribution in [3.05, 3.63) is 23.9 Å². The number of fused-ring (bicyclic) bond motifs is 1. The van der Waals surface area contributed by atoms with Gasteiger partial charge in [-0.25, -0.2) is 0 Å². The molecule has 1 aromatic carbocycles. The van der Waals surface area contributed by atoms with Gasteiger partial charge >= 0.3 is 11.9 Å². The summed E-state index contributed by atoms with van der Waals surface area (Å²) in [6, 6.07) is 5.22. The number of hydrogen-bond acceptors (Lipinski definition) is 4. The van der Waals surface area contributed by atoms with Gasteiger partial charge in [0.1, 0.15) is 0 Å². The van der Waals surface area contributed by atoms with Crippen LogP contribution in [0.15, 0.2) is 18.2 Å². The lowest BCUT2D eigenvalue weighted by Crippen LogP contribution is -2.07. The van der Waals surface area contributed by atoms with Gasteiger partial charge in [0.2, 0.25) is 0 Å². The highest BCUT2D eigenvalue weighted by molar-refractivity contribution is 5.86. The zero-order chi connectivity index (χ0) is 13.3. The first-order valence-electron chi connectivity index (χ1n) is 5.46. The summed E-state index contributed by atoms with van der Waals surface area (Å²) in [5, 5.41) is 0.889. The largest absolute Gasteiger partial charge is 0.423 e. The van der Waals surface area contributed by atoms with Crippen LogP contribution in [-0.2, 0) is 9.59 Å². The molecule has 1 heterocycles. The van der Waals surface area contributed by atoms with Crippen molar-refractivity contribution in [3.63, 3.8) is 0 Å². The molecule has 2 rings (SSSR count). The van der Waals surface area contributed by atoms with Crippen molar-refractivity contribution in [2.45, 2.75) is 20.8 Å². The van der Waals surface area contributed by atoms with Gasteiger partial charge in [-0.2, -0.15) is 0 Å². The molecular weight excluding hydrogens is 234 g/mol. The van der Waals surface area contributed by atoms with Crippen LogP contribution < -0.4 is 9.47 Å². The van der Waals surface area contributed by atoms with Crippen LogP contribution in [0.3, 0.4) is 0 Å². The van der Waals surface area contributed by atoms with Gasteiger partial charge < -0.3 is 14.5 Å². The average molecular weight is 247 g/mol. The van der Waals surface area contributed by atoms with Crippen molar-refractivity contribution >= 4 is 22.8 Å². The smallest absolute Gasteiger partial charge is 0.308 e. The quantitative estimate of drug-likeness (QED) is 0.653. The molecule has 2 aromatic rings. The summed E-state index contributed by atoms with van der Waals surface area (Å²) in [5.74, 6) is -0.461. The molecule has 1 N–H and O–H groups in total. The number of rotatable bonds is 2. The summed E-state index contributed by atoms with van der Waals surface area (Å²) in [7, 11) is 0. The van der Waals surface area contributed by atoms with Gasteiger partial charge in [0.15, 0.2) is 11.5 Å². The van der Waals surface area contributed by atoms with Crippen molar-refractivity contribution in [2.24, 2.45) is 0 Å². The summed E-state index contributed by atoms with van der Waals surface area (Å²) in [6.45, 7) is 4.50. The number of nitrogens with one attached hydrogen (secondary N) is 1. The number of benzene rings is 1. The van der Waals surface area contributed by atoms with Crippen LogP contribution in [0, 0.1) is 6.92 Å². The molecule has 0 bridgehead atoms. The van der Waals surface area contributed by atoms with Gasteiger partial charge in [-0.05, 0) is 19.1 Å². The van der Waals surface area contributed by atoms with Crippen LogP contribution in [0.1, 0.15) is 19.5 Å². The van der Waals surface area contributed by atoms with Gasteiger partial charge in [-0.3, -0.25) is 9.59 Å². The van der Waals surface area contributed by atoms with E-state index in [-0.39, 0.29) is 11.5 Å². The predicted octanol–water partition coefficient (Wildman–Crippen LogP) is 2.33. The van der Waals surface area contributed by atoms with E-state index in [4.69, 9.17) is 9.47 Å². The van der Waals surface area contributed by atoms with E-state index in [1.807, 2.05) is 13.0 Å². The van der Waals surface area contributed by atoms with E-state index >= 15 is 0 Å². The predicted molar refractivity (Wildman–Crippen MR) is 65.7 cm³/mol. The Morgan fingerprint density at radius 1 is 1.00 bits per heavy atom. The molecule has 0 amide bonds. The average Bonchev–Trinajstić information content (AvgIpc) is 2.56. The van der Waals surface area contributed by atoms with E-state index in [9.17, 15) is 9.59 Å². The third-order valence-corrected chi connectivity index (χ3v) is 2.33. The summed E-state index contributed by atoms with van der Waals surface area (Å²) < 4.78 is 10.1.